The van der Waals surface area contributed by atoms with Gasteiger partial charge in [-0.25, -0.2) is 9.78 Å². The molecule has 0 aliphatic carbocycles. The number of carbonyl (C=O) groups is 1. The Bertz CT molecular complexity index is 1020. The molecule has 4 rings (SSSR count). The van der Waals surface area contributed by atoms with Crippen LogP contribution in [-0.2, 0) is 6.54 Å². The van der Waals surface area contributed by atoms with Crippen molar-refractivity contribution in [3.63, 3.8) is 0 Å². The van der Waals surface area contributed by atoms with Crippen LogP contribution in [0.5, 0.6) is 5.75 Å². The highest BCUT2D eigenvalue weighted by Crippen LogP contribution is 2.34. The number of aryl methyl sites for hydroxylation is 1. The first kappa shape index (κ1) is 21.4. The zero-order valence-electron chi connectivity index (χ0n) is 18.2. The number of unbranched alkanes of at least 4 members (excludes halogenated alkanes) is 1. The van der Waals surface area contributed by atoms with Crippen molar-refractivity contribution in [3.8, 4) is 5.75 Å². The number of aromatic carboxylic acids is 1. The maximum atomic E-state index is 11.3. The van der Waals surface area contributed by atoms with Crippen LogP contribution in [-0.4, -0.2) is 51.8 Å². The SMILES string of the molecule is CCCCn1cc(C2CCN(CCOc3ccccc3C(=O)O)CC2)c2cccnc21. The summed E-state index contributed by atoms with van der Waals surface area (Å²) in [7, 11) is 0. The van der Waals surface area contributed by atoms with Crippen molar-refractivity contribution >= 4 is 17.0 Å². The highest BCUT2D eigenvalue weighted by Gasteiger charge is 2.24. The number of ether oxygens (including phenoxy) is 1. The second-order valence-corrected chi connectivity index (χ2v) is 8.27. The number of piperidine rings is 1. The third kappa shape index (κ3) is 4.90. The van der Waals surface area contributed by atoms with Crippen LogP contribution in [0.25, 0.3) is 11.0 Å². The summed E-state index contributed by atoms with van der Waals surface area (Å²) in [4.78, 5) is 18.4. The number of rotatable bonds is 9. The Kier molecular flexibility index (Phi) is 6.87. The van der Waals surface area contributed by atoms with Gasteiger partial charge in [-0.3, -0.25) is 4.90 Å². The van der Waals surface area contributed by atoms with Gasteiger partial charge in [0.15, 0.2) is 0 Å². The number of hydrogen-bond acceptors (Lipinski definition) is 4. The summed E-state index contributed by atoms with van der Waals surface area (Å²) in [5.74, 6) is 0.0424. The van der Waals surface area contributed by atoms with E-state index in [0.717, 1.165) is 44.7 Å². The maximum absolute atomic E-state index is 11.3. The molecule has 164 valence electrons. The van der Waals surface area contributed by atoms with Gasteiger partial charge in [0.2, 0.25) is 0 Å². The minimum Gasteiger partial charge on any atom is -0.491 e. The van der Waals surface area contributed by atoms with Gasteiger partial charge in [0.1, 0.15) is 23.6 Å². The topological polar surface area (TPSA) is 67.6 Å². The molecule has 6 nitrogen and oxygen atoms in total. The highest BCUT2D eigenvalue weighted by atomic mass is 16.5. The molecule has 2 aromatic heterocycles. The first-order chi connectivity index (χ1) is 15.2. The van der Waals surface area contributed by atoms with Crippen molar-refractivity contribution in [1.82, 2.24) is 14.5 Å². The minimum atomic E-state index is -0.955. The molecule has 0 radical (unpaired) electrons. The second-order valence-electron chi connectivity index (χ2n) is 8.27. The molecule has 31 heavy (non-hydrogen) atoms. The molecule has 6 heteroatoms. The van der Waals surface area contributed by atoms with E-state index in [0.29, 0.717) is 18.3 Å². The Morgan fingerprint density at radius 3 is 2.74 bits per heavy atom. The average molecular weight is 422 g/mol. The van der Waals surface area contributed by atoms with Gasteiger partial charge in [-0.05, 0) is 68.1 Å². The molecule has 0 atom stereocenters. The fourth-order valence-corrected chi connectivity index (χ4v) is 4.50. The first-order valence-corrected chi connectivity index (χ1v) is 11.3. The largest absolute Gasteiger partial charge is 0.491 e. The summed E-state index contributed by atoms with van der Waals surface area (Å²) < 4.78 is 8.10. The molecule has 3 heterocycles. The molecule has 3 aromatic rings. The molecule has 0 spiro atoms. The third-order valence-corrected chi connectivity index (χ3v) is 6.23. The van der Waals surface area contributed by atoms with Gasteiger partial charge in [0.25, 0.3) is 0 Å². The molecule has 1 aliphatic rings. The Labute approximate surface area is 183 Å². The number of carboxylic acids is 1. The Balaban J connectivity index is 1.34. The average Bonchev–Trinajstić information content (AvgIpc) is 3.17. The van der Waals surface area contributed by atoms with Crippen LogP contribution < -0.4 is 4.74 Å². The number of nitrogens with zero attached hydrogens (tertiary/aromatic N) is 3. The maximum Gasteiger partial charge on any atom is 0.339 e. The van der Waals surface area contributed by atoms with Gasteiger partial charge < -0.3 is 14.4 Å². The Morgan fingerprint density at radius 1 is 1.16 bits per heavy atom. The fraction of sp³-hybridized carbons (Fsp3) is 0.440. The lowest BCUT2D eigenvalue weighted by Crippen LogP contribution is -2.35. The van der Waals surface area contributed by atoms with Crippen LogP contribution in [0.2, 0.25) is 0 Å². The van der Waals surface area contributed by atoms with E-state index in [2.05, 4.69) is 33.6 Å². The Morgan fingerprint density at radius 2 is 1.97 bits per heavy atom. The van der Waals surface area contributed by atoms with Crippen LogP contribution >= 0.6 is 0 Å². The van der Waals surface area contributed by atoms with Crippen molar-refractivity contribution in [2.24, 2.45) is 0 Å². The summed E-state index contributed by atoms with van der Waals surface area (Å²) in [6.45, 7) is 6.60. The molecule has 0 saturated carbocycles. The van der Waals surface area contributed by atoms with Crippen LogP contribution in [0.3, 0.4) is 0 Å². The molecule has 0 amide bonds. The summed E-state index contributed by atoms with van der Waals surface area (Å²) in [5, 5.41) is 10.6. The van der Waals surface area contributed by atoms with E-state index in [1.807, 2.05) is 12.3 Å². The van der Waals surface area contributed by atoms with Gasteiger partial charge in [-0.1, -0.05) is 25.5 Å². The standard InChI is InChI=1S/C25H31N3O3/c1-2-3-13-28-18-22(20-8-6-12-26-24(20)28)19-10-14-27(15-11-19)16-17-31-23-9-5-4-7-21(23)25(29)30/h4-9,12,18-19H,2-3,10-11,13-17H2,1H3,(H,29,30). The fourth-order valence-electron chi connectivity index (χ4n) is 4.50. The molecule has 1 aromatic carbocycles. The lowest BCUT2D eigenvalue weighted by Gasteiger charge is -2.31. The molecular formula is C25H31N3O3. The lowest BCUT2D eigenvalue weighted by molar-refractivity contribution is 0.0691. The van der Waals surface area contributed by atoms with Gasteiger partial charge in [-0.15, -0.1) is 0 Å². The van der Waals surface area contributed by atoms with Crippen LogP contribution in [0.4, 0.5) is 0 Å². The predicted octanol–water partition coefficient (Wildman–Crippen LogP) is 4.79. The molecule has 1 saturated heterocycles. The van der Waals surface area contributed by atoms with Gasteiger partial charge >= 0.3 is 5.97 Å². The molecule has 0 unspecified atom stereocenters. The lowest BCUT2D eigenvalue weighted by atomic mass is 9.89. The van der Waals surface area contributed by atoms with E-state index in [1.165, 1.54) is 23.8 Å². The molecule has 0 bridgehead atoms. The second kappa shape index (κ2) is 9.96. The smallest absolute Gasteiger partial charge is 0.339 e. The van der Waals surface area contributed by atoms with E-state index < -0.39 is 5.97 Å². The van der Waals surface area contributed by atoms with E-state index in [9.17, 15) is 9.90 Å². The zero-order chi connectivity index (χ0) is 21.6. The third-order valence-electron chi connectivity index (χ3n) is 6.23. The van der Waals surface area contributed by atoms with Crippen molar-refractivity contribution in [2.45, 2.75) is 45.1 Å². The monoisotopic (exact) mass is 421 g/mol. The number of fused-ring (bicyclic) bond motifs is 1. The normalized spacial score (nSPS) is 15.4. The van der Waals surface area contributed by atoms with Crippen LogP contribution in [0, 0.1) is 0 Å². The number of para-hydroxylation sites is 1. The highest BCUT2D eigenvalue weighted by molar-refractivity contribution is 5.90. The van der Waals surface area contributed by atoms with Crippen molar-refractivity contribution in [1.29, 1.82) is 0 Å². The van der Waals surface area contributed by atoms with Crippen LogP contribution in [0.15, 0.2) is 48.8 Å². The number of likely N-dealkylation sites (tertiary alicyclic amines) is 1. The van der Waals surface area contributed by atoms with Crippen molar-refractivity contribution < 1.29 is 14.6 Å². The summed E-state index contributed by atoms with van der Waals surface area (Å²) in [5.41, 5.74) is 2.76. The summed E-state index contributed by atoms with van der Waals surface area (Å²) in [6, 6.07) is 11.1. The molecule has 1 aliphatic heterocycles. The number of hydrogen-bond donors (Lipinski definition) is 1. The van der Waals surface area contributed by atoms with E-state index in [4.69, 9.17) is 4.74 Å². The molecule has 1 fully saturated rings. The number of aromatic nitrogens is 2. The van der Waals surface area contributed by atoms with Crippen molar-refractivity contribution in [2.75, 3.05) is 26.2 Å². The van der Waals surface area contributed by atoms with E-state index >= 15 is 0 Å². The molecule has 1 N–H and O–H groups in total. The van der Waals surface area contributed by atoms with E-state index in [1.54, 1.807) is 24.3 Å². The quantitative estimate of drug-likeness (QED) is 0.538. The summed E-state index contributed by atoms with van der Waals surface area (Å²) >= 11 is 0. The van der Waals surface area contributed by atoms with E-state index in [-0.39, 0.29) is 5.56 Å². The van der Waals surface area contributed by atoms with Crippen LogP contribution in [0.1, 0.15) is 54.4 Å². The number of benzene rings is 1. The van der Waals surface area contributed by atoms with Gasteiger partial charge in [0, 0.05) is 30.9 Å². The minimum absolute atomic E-state index is 0.217. The number of carboxylic acid groups (broad SMARTS) is 1. The van der Waals surface area contributed by atoms with Crippen molar-refractivity contribution in [3.05, 3.63) is 59.9 Å². The predicted molar refractivity (Wildman–Crippen MR) is 122 cm³/mol. The first-order valence-electron chi connectivity index (χ1n) is 11.3. The summed E-state index contributed by atoms with van der Waals surface area (Å²) in [6.07, 6.45) is 8.81. The zero-order valence-corrected chi connectivity index (χ0v) is 18.2. The number of pyridine rings is 1. The molecular weight excluding hydrogens is 390 g/mol. The van der Waals surface area contributed by atoms with Gasteiger partial charge in [-0.2, -0.15) is 0 Å². The van der Waals surface area contributed by atoms with Gasteiger partial charge in [0.05, 0.1) is 0 Å². The Hall–Kier alpha value is -2.86.